The number of hydrogen-bond acceptors (Lipinski definition) is 1. The summed E-state index contributed by atoms with van der Waals surface area (Å²) in [5.74, 6) is 1.55. The number of aryl methyl sites for hydroxylation is 1. The fourth-order valence-electron chi connectivity index (χ4n) is 3.55. The molecule has 0 saturated heterocycles. The van der Waals surface area contributed by atoms with Crippen molar-refractivity contribution in [2.24, 2.45) is 5.92 Å². The van der Waals surface area contributed by atoms with Crippen LogP contribution in [0.25, 0.3) is 0 Å². The molecule has 118 valence electrons. The summed E-state index contributed by atoms with van der Waals surface area (Å²) in [5, 5.41) is 3.72. The van der Waals surface area contributed by atoms with Crippen LogP contribution >= 0.6 is 0 Å². The molecule has 1 aromatic carbocycles. The Kier molecular flexibility index (Phi) is 5.87. The Morgan fingerprint density at radius 1 is 1.05 bits per heavy atom. The van der Waals surface area contributed by atoms with E-state index in [2.05, 4.69) is 57.3 Å². The van der Waals surface area contributed by atoms with Crippen molar-refractivity contribution in [2.45, 2.75) is 77.7 Å². The molecule has 1 nitrogen and oxygen atoms in total. The third-order valence-corrected chi connectivity index (χ3v) is 4.75. The van der Waals surface area contributed by atoms with E-state index in [4.69, 9.17) is 0 Å². The molecule has 2 atom stereocenters. The first-order chi connectivity index (χ1) is 9.99. The first-order valence-corrected chi connectivity index (χ1v) is 8.83. The highest BCUT2D eigenvalue weighted by Crippen LogP contribution is 2.37. The van der Waals surface area contributed by atoms with Gasteiger partial charge in [-0.3, -0.25) is 0 Å². The van der Waals surface area contributed by atoms with Crippen LogP contribution in [-0.4, -0.2) is 12.1 Å². The Morgan fingerprint density at radius 2 is 1.71 bits per heavy atom. The van der Waals surface area contributed by atoms with Crippen LogP contribution in [0.3, 0.4) is 0 Å². The summed E-state index contributed by atoms with van der Waals surface area (Å²) in [5.41, 5.74) is 3.28. The highest BCUT2D eigenvalue weighted by Gasteiger charge is 2.27. The lowest BCUT2D eigenvalue weighted by atomic mass is 9.75. The molecule has 1 aliphatic carbocycles. The lowest BCUT2D eigenvalue weighted by molar-refractivity contribution is 0.269. The molecule has 1 aliphatic rings. The molecule has 0 aromatic heterocycles. The summed E-state index contributed by atoms with van der Waals surface area (Å²) in [4.78, 5) is 0. The minimum Gasteiger partial charge on any atom is -0.312 e. The average molecular weight is 287 g/mol. The Labute approximate surface area is 131 Å². The zero-order valence-electron chi connectivity index (χ0n) is 14.4. The van der Waals surface area contributed by atoms with E-state index in [0.717, 1.165) is 18.4 Å². The minimum absolute atomic E-state index is 0.229. The predicted octanol–water partition coefficient (Wildman–Crippen LogP) is 5.30. The van der Waals surface area contributed by atoms with Crippen molar-refractivity contribution >= 4 is 0 Å². The van der Waals surface area contributed by atoms with Crippen LogP contribution in [0.4, 0.5) is 0 Å². The maximum atomic E-state index is 3.72. The molecule has 2 rings (SSSR count). The van der Waals surface area contributed by atoms with E-state index in [-0.39, 0.29) is 5.54 Å². The predicted molar refractivity (Wildman–Crippen MR) is 92.9 cm³/mol. The van der Waals surface area contributed by atoms with E-state index in [9.17, 15) is 0 Å². The third kappa shape index (κ3) is 5.14. The molecule has 1 aromatic rings. The van der Waals surface area contributed by atoms with Gasteiger partial charge in [-0.1, -0.05) is 50.5 Å². The molecule has 0 radical (unpaired) electrons. The van der Waals surface area contributed by atoms with Gasteiger partial charge in [-0.15, -0.1) is 0 Å². The van der Waals surface area contributed by atoms with Crippen LogP contribution in [0.15, 0.2) is 24.3 Å². The molecule has 21 heavy (non-hydrogen) atoms. The first-order valence-electron chi connectivity index (χ1n) is 8.83. The quantitative estimate of drug-likeness (QED) is 0.774. The summed E-state index contributed by atoms with van der Waals surface area (Å²) in [7, 11) is 0. The van der Waals surface area contributed by atoms with Gasteiger partial charge in [-0.2, -0.15) is 0 Å². The van der Waals surface area contributed by atoms with Crippen molar-refractivity contribution in [1.29, 1.82) is 0 Å². The van der Waals surface area contributed by atoms with E-state index >= 15 is 0 Å². The molecule has 0 bridgehead atoms. The normalized spacial score (nSPS) is 23.2. The van der Waals surface area contributed by atoms with Crippen molar-refractivity contribution in [1.82, 2.24) is 5.32 Å². The van der Waals surface area contributed by atoms with Gasteiger partial charge in [0.25, 0.3) is 0 Å². The number of hydrogen-bond donors (Lipinski definition) is 1. The Balaban J connectivity index is 2.03. The highest BCUT2D eigenvalue weighted by molar-refractivity contribution is 5.26. The molecule has 0 heterocycles. The second kappa shape index (κ2) is 7.45. The number of rotatable bonds is 5. The SMILES string of the molecule is CCCc1ccc(C2CCCCC2CNC(C)(C)C)cc1. The maximum Gasteiger partial charge on any atom is 0.00966 e. The van der Waals surface area contributed by atoms with Crippen molar-refractivity contribution in [3.63, 3.8) is 0 Å². The Bertz CT molecular complexity index is 412. The summed E-state index contributed by atoms with van der Waals surface area (Å²) >= 11 is 0. The number of benzene rings is 1. The largest absolute Gasteiger partial charge is 0.312 e. The Hall–Kier alpha value is -0.820. The van der Waals surface area contributed by atoms with Crippen LogP contribution in [0.1, 0.15) is 76.8 Å². The topological polar surface area (TPSA) is 12.0 Å². The van der Waals surface area contributed by atoms with Gasteiger partial charge in [0, 0.05) is 5.54 Å². The van der Waals surface area contributed by atoms with Gasteiger partial charge < -0.3 is 5.32 Å². The van der Waals surface area contributed by atoms with Gasteiger partial charge in [0.1, 0.15) is 0 Å². The van der Waals surface area contributed by atoms with Gasteiger partial charge in [-0.25, -0.2) is 0 Å². The lowest BCUT2D eigenvalue weighted by Crippen LogP contribution is -2.41. The van der Waals surface area contributed by atoms with Gasteiger partial charge >= 0.3 is 0 Å². The molecule has 2 unspecified atom stereocenters. The molecule has 0 amide bonds. The summed E-state index contributed by atoms with van der Waals surface area (Å²) in [6.45, 7) is 10.2. The first kappa shape index (κ1) is 16.5. The van der Waals surface area contributed by atoms with Gasteiger partial charge in [0.05, 0.1) is 0 Å². The van der Waals surface area contributed by atoms with Crippen LogP contribution in [0, 0.1) is 5.92 Å². The fourth-order valence-corrected chi connectivity index (χ4v) is 3.55. The molecular formula is C20H33N. The van der Waals surface area contributed by atoms with Gasteiger partial charge in [0.2, 0.25) is 0 Å². The molecule has 1 N–H and O–H groups in total. The smallest absolute Gasteiger partial charge is 0.00966 e. The third-order valence-electron chi connectivity index (χ3n) is 4.75. The molecule has 1 saturated carbocycles. The monoisotopic (exact) mass is 287 g/mol. The minimum atomic E-state index is 0.229. The molecule has 1 fully saturated rings. The van der Waals surface area contributed by atoms with Crippen molar-refractivity contribution in [2.75, 3.05) is 6.54 Å². The van der Waals surface area contributed by atoms with Crippen LogP contribution in [0.5, 0.6) is 0 Å². The lowest BCUT2D eigenvalue weighted by Gasteiger charge is -2.34. The maximum absolute atomic E-state index is 3.72. The molecule has 1 heteroatoms. The zero-order valence-corrected chi connectivity index (χ0v) is 14.4. The standard InChI is InChI=1S/C20H33N/c1-5-8-16-11-13-17(14-12-16)19-10-7-6-9-18(19)15-21-20(2,3)4/h11-14,18-19,21H,5-10,15H2,1-4H3. The second-order valence-electron chi connectivity index (χ2n) is 7.77. The van der Waals surface area contributed by atoms with Crippen molar-refractivity contribution in [3.8, 4) is 0 Å². The second-order valence-corrected chi connectivity index (χ2v) is 7.77. The van der Waals surface area contributed by atoms with E-state index in [0.29, 0.717) is 0 Å². The van der Waals surface area contributed by atoms with E-state index in [1.54, 1.807) is 5.56 Å². The van der Waals surface area contributed by atoms with E-state index < -0.39 is 0 Å². The fraction of sp³-hybridized carbons (Fsp3) is 0.700. The average Bonchev–Trinajstić information content (AvgIpc) is 2.46. The van der Waals surface area contributed by atoms with Gasteiger partial charge in [0.15, 0.2) is 0 Å². The van der Waals surface area contributed by atoms with Crippen LogP contribution < -0.4 is 5.32 Å². The van der Waals surface area contributed by atoms with E-state index in [1.165, 1.54) is 44.1 Å². The van der Waals surface area contributed by atoms with Crippen LogP contribution in [0.2, 0.25) is 0 Å². The Morgan fingerprint density at radius 3 is 2.33 bits per heavy atom. The zero-order chi connectivity index (χ0) is 15.3. The molecular weight excluding hydrogens is 254 g/mol. The van der Waals surface area contributed by atoms with Gasteiger partial charge in [-0.05, 0) is 69.5 Å². The summed E-state index contributed by atoms with van der Waals surface area (Å²) in [6, 6.07) is 9.49. The summed E-state index contributed by atoms with van der Waals surface area (Å²) < 4.78 is 0. The number of nitrogens with one attached hydrogen (secondary N) is 1. The van der Waals surface area contributed by atoms with Crippen molar-refractivity contribution < 1.29 is 0 Å². The summed E-state index contributed by atoms with van der Waals surface area (Å²) in [6.07, 6.45) is 7.99. The van der Waals surface area contributed by atoms with Crippen LogP contribution in [-0.2, 0) is 6.42 Å². The van der Waals surface area contributed by atoms with Crippen molar-refractivity contribution in [3.05, 3.63) is 35.4 Å². The van der Waals surface area contributed by atoms with E-state index in [1.807, 2.05) is 0 Å². The molecule has 0 aliphatic heterocycles. The molecule has 0 spiro atoms. The highest BCUT2D eigenvalue weighted by atomic mass is 14.9.